The summed E-state index contributed by atoms with van der Waals surface area (Å²) in [5.41, 5.74) is 0. The third kappa shape index (κ3) is 5.21. The first-order valence-corrected chi connectivity index (χ1v) is 8.12. The minimum atomic E-state index is 0.669. The van der Waals surface area contributed by atoms with E-state index in [2.05, 4.69) is 16.7 Å². The molecule has 0 atom stereocenters. The van der Waals surface area contributed by atoms with E-state index < -0.39 is 0 Å². The highest BCUT2D eigenvalue weighted by Crippen LogP contribution is 2.26. The number of nitrogens with zero attached hydrogens (tertiary/aromatic N) is 2. The number of ether oxygens (including phenoxy) is 2. The van der Waals surface area contributed by atoms with E-state index in [1.165, 1.54) is 32.7 Å². The van der Waals surface area contributed by atoms with Gasteiger partial charge < -0.3 is 19.3 Å². The van der Waals surface area contributed by atoms with Crippen molar-refractivity contribution in [3.05, 3.63) is 24.3 Å². The third-order valence-corrected chi connectivity index (χ3v) is 3.94. The zero-order chi connectivity index (χ0) is 14.9. The molecule has 0 N–H and O–H groups in total. The van der Waals surface area contributed by atoms with Crippen LogP contribution in [-0.2, 0) is 0 Å². The van der Waals surface area contributed by atoms with Gasteiger partial charge in [0.15, 0.2) is 11.5 Å². The summed E-state index contributed by atoms with van der Waals surface area (Å²) in [4.78, 5) is 5.04. The maximum Gasteiger partial charge on any atom is 0.161 e. The topological polar surface area (TPSA) is 24.9 Å². The predicted molar refractivity (Wildman–Crippen MR) is 86.3 cm³/mol. The number of benzene rings is 1. The zero-order valence-electron chi connectivity index (χ0n) is 13.4. The van der Waals surface area contributed by atoms with Gasteiger partial charge in [0.2, 0.25) is 0 Å². The normalized spacial score (nSPS) is 16.9. The summed E-state index contributed by atoms with van der Waals surface area (Å²) in [7, 11) is 0. The molecule has 2 rings (SSSR count). The Kier molecular flexibility index (Phi) is 6.83. The number of rotatable bonds is 8. The number of hydrogen-bond acceptors (Lipinski definition) is 4. The van der Waals surface area contributed by atoms with Crippen LogP contribution in [0.25, 0.3) is 0 Å². The summed E-state index contributed by atoms with van der Waals surface area (Å²) in [6, 6.07) is 7.90. The average molecular weight is 292 g/mol. The summed E-state index contributed by atoms with van der Waals surface area (Å²) in [6.07, 6.45) is 1.06. The van der Waals surface area contributed by atoms with Crippen LogP contribution in [0.3, 0.4) is 0 Å². The van der Waals surface area contributed by atoms with Gasteiger partial charge in [-0.3, -0.25) is 0 Å². The number of para-hydroxylation sites is 2. The molecule has 1 heterocycles. The van der Waals surface area contributed by atoms with Gasteiger partial charge in [-0.25, -0.2) is 0 Å². The van der Waals surface area contributed by atoms with Gasteiger partial charge in [-0.1, -0.05) is 19.1 Å². The van der Waals surface area contributed by atoms with E-state index in [0.29, 0.717) is 6.61 Å². The fraction of sp³-hybridized carbons (Fsp3) is 0.647. The molecule has 1 aromatic rings. The van der Waals surface area contributed by atoms with Gasteiger partial charge in [-0.15, -0.1) is 0 Å². The molecule has 4 nitrogen and oxygen atoms in total. The van der Waals surface area contributed by atoms with E-state index in [0.717, 1.165) is 31.1 Å². The first kappa shape index (κ1) is 16.1. The lowest BCUT2D eigenvalue weighted by molar-refractivity contribution is 0.130. The second-order valence-electron chi connectivity index (χ2n) is 5.36. The largest absolute Gasteiger partial charge is 0.490 e. The second kappa shape index (κ2) is 8.90. The summed E-state index contributed by atoms with van der Waals surface area (Å²) in [5, 5.41) is 0. The van der Waals surface area contributed by atoms with E-state index in [-0.39, 0.29) is 0 Å². The second-order valence-corrected chi connectivity index (χ2v) is 5.36. The molecule has 0 radical (unpaired) electrons. The number of likely N-dealkylation sites (N-methyl/N-ethyl adjacent to an activating group) is 1. The Labute approximate surface area is 128 Å². The summed E-state index contributed by atoms with van der Waals surface area (Å²) in [5.74, 6) is 1.70. The Bertz CT molecular complexity index is 404. The molecule has 1 aliphatic heterocycles. The maximum absolute atomic E-state index is 5.86. The highest BCUT2D eigenvalue weighted by atomic mass is 16.5. The van der Waals surface area contributed by atoms with Gasteiger partial charge in [-0.05, 0) is 32.0 Å². The van der Waals surface area contributed by atoms with Gasteiger partial charge in [0, 0.05) is 32.7 Å². The van der Waals surface area contributed by atoms with E-state index in [1.54, 1.807) is 0 Å². The molecule has 0 aromatic heterocycles. The predicted octanol–water partition coefficient (Wildman–Crippen LogP) is 2.49. The molecule has 1 saturated heterocycles. The van der Waals surface area contributed by atoms with Gasteiger partial charge >= 0.3 is 0 Å². The van der Waals surface area contributed by atoms with Crippen LogP contribution in [0, 0.1) is 0 Å². The Morgan fingerprint density at radius 2 is 1.52 bits per heavy atom. The summed E-state index contributed by atoms with van der Waals surface area (Å²) in [6.45, 7) is 12.7. The molecule has 0 amide bonds. The van der Waals surface area contributed by atoms with Crippen molar-refractivity contribution in [3.8, 4) is 11.5 Å². The molecule has 1 fully saturated rings. The van der Waals surface area contributed by atoms with Gasteiger partial charge in [0.1, 0.15) is 0 Å². The fourth-order valence-electron chi connectivity index (χ4n) is 2.64. The molecule has 0 unspecified atom stereocenters. The Hall–Kier alpha value is -1.26. The van der Waals surface area contributed by atoms with E-state index in [1.807, 2.05) is 31.2 Å². The Balaban J connectivity index is 1.66. The molecular weight excluding hydrogens is 264 g/mol. The molecule has 4 heteroatoms. The van der Waals surface area contributed by atoms with Crippen molar-refractivity contribution in [1.29, 1.82) is 0 Å². The Morgan fingerprint density at radius 3 is 2.14 bits per heavy atom. The molecule has 0 bridgehead atoms. The average Bonchev–Trinajstić information content (AvgIpc) is 2.54. The quantitative estimate of drug-likeness (QED) is 0.687. The van der Waals surface area contributed by atoms with E-state index >= 15 is 0 Å². The third-order valence-electron chi connectivity index (χ3n) is 3.94. The minimum Gasteiger partial charge on any atom is -0.490 e. The lowest BCUT2D eigenvalue weighted by atomic mass is 10.3. The molecule has 118 valence electrons. The van der Waals surface area contributed by atoms with Crippen LogP contribution in [0.4, 0.5) is 0 Å². The molecule has 1 aromatic carbocycles. The molecule has 0 aliphatic carbocycles. The first-order chi connectivity index (χ1) is 10.3. The minimum absolute atomic E-state index is 0.669. The van der Waals surface area contributed by atoms with Crippen molar-refractivity contribution in [2.24, 2.45) is 0 Å². The summed E-state index contributed by atoms with van der Waals surface area (Å²) >= 11 is 0. The summed E-state index contributed by atoms with van der Waals surface area (Å²) < 4.78 is 11.4. The molecule has 21 heavy (non-hydrogen) atoms. The number of hydrogen-bond donors (Lipinski definition) is 0. The smallest absolute Gasteiger partial charge is 0.161 e. The van der Waals surface area contributed by atoms with Gasteiger partial charge in [-0.2, -0.15) is 0 Å². The highest BCUT2D eigenvalue weighted by molar-refractivity contribution is 5.39. The van der Waals surface area contributed by atoms with Crippen LogP contribution >= 0.6 is 0 Å². The number of piperazine rings is 1. The SMILES string of the molecule is CCOc1ccccc1OCCCN1CCN(CC)CC1. The van der Waals surface area contributed by atoms with Crippen molar-refractivity contribution in [3.63, 3.8) is 0 Å². The molecule has 0 spiro atoms. The van der Waals surface area contributed by atoms with Crippen molar-refractivity contribution in [2.75, 3.05) is 52.5 Å². The van der Waals surface area contributed by atoms with Gasteiger partial charge in [0.05, 0.1) is 13.2 Å². The van der Waals surface area contributed by atoms with Crippen LogP contribution in [0.5, 0.6) is 11.5 Å². The van der Waals surface area contributed by atoms with Crippen molar-refractivity contribution < 1.29 is 9.47 Å². The standard InChI is InChI=1S/C17H28N2O2/c1-3-18-11-13-19(14-12-18)10-7-15-21-17-9-6-5-8-16(17)20-4-2/h5-6,8-9H,3-4,7,10-15H2,1-2H3. The fourth-order valence-corrected chi connectivity index (χ4v) is 2.64. The van der Waals surface area contributed by atoms with E-state index in [4.69, 9.17) is 9.47 Å². The van der Waals surface area contributed by atoms with Crippen LogP contribution in [0.2, 0.25) is 0 Å². The molecule has 0 saturated carbocycles. The van der Waals surface area contributed by atoms with Crippen LogP contribution < -0.4 is 9.47 Å². The van der Waals surface area contributed by atoms with Crippen molar-refractivity contribution >= 4 is 0 Å². The first-order valence-electron chi connectivity index (χ1n) is 8.12. The molecular formula is C17H28N2O2. The lowest BCUT2D eigenvalue weighted by Gasteiger charge is -2.33. The highest BCUT2D eigenvalue weighted by Gasteiger charge is 2.14. The van der Waals surface area contributed by atoms with E-state index in [9.17, 15) is 0 Å². The lowest BCUT2D eigenvalue weighted by Crippen LogP contribution is -2.46. The van der Waals surface area contributed by atoms with Crippen molar-refractivity contribution in [2.45, 2.75) is 20.3 Å². The van der Waals surface area contributed by atoms with Crippen molar-refractivity contribution in [1.82, 2.24) is 9.80 Å². The monoisotopic (exact) mass is 292 g/mol. The Morgan fingerprint density at radius 1 is 0.905 bits per heavy atom. The maximum atomic E-state index is 5.86. The van der Waals surface area contributed by atoms with Gasteiger partial charge in [0.25, 0.3) is 0 Å². The van der Waals surface area contributed by atoms with Crippen LogP contribution in [0.15, 0.2) is 24.3 Å². The van der Waals surface area contributed by atoms with Crippen LogP contribution in [0.1, 0.15) is 20.3 Å². The van der Waals surface area contributed by atoms with Crippen LogP contribution in [-0.4, -0.2) is 62.3 Å². The molecule has 1 aliphatic rings. The zero-order valence-corrected chi connectivity index (χ0v) is 13.4.